The minimum Gasteiger partial charge on any atom is -0.454 e. The van der Waals surface area contributed by atoms with Gasteiger partial charge in [-0.3, -0.25) is 4.57 Å². The first-order valence-corrected chi connectivity index (χ1v) is 18.0. The van der Waals surface area contributed by atoms with Gasteiger partial charge in [-0.25, -0.2) is 9.97 Å². The maximum absolute atomic E-state index is 6.75. The van der Waals surface area contributed by atoms with Gasteiger partial charge < -0.3 is 8.82 Å². The molecule has 5 heteroatoms. The molecule has 0 saturated heterocycles. The Bertz CT molecular complexity index is 3680. The summed E-state index contributed by atoms with van der Waals surface area (Å²) in [5.41, 5.74) is 10.2. The van der Waals surface area contributed by atoms with E-state index in [2.05, 4.69) is 161 Å². The van der Waals surface area contributed by atoms with Crippen LogP contribution in [0, 0.1) is 0 Å². The molecule has 0 unspecified atom stereocenters. The Morgan fingerprint density at radius 2 is 1.06 bits per heavy atom. The van der Waals surface area contributed by atoms with Crippen LogP contribution in [0.1, 0.15) is 0 Å². The molecule has 53 heavy (non-hydrogen) atoms. The van der Waals surface area contributed by atoms with Crippen molar-refractivity contribution in [1.82, 2.24) is 18.9 Å². The van der Waals surface area contributed by atoms with Crippen LogP contribution in [0.5, 0.6) is 0 Å². The van der Waals surface area contributed by atoms with E-state index >= 15 is 0 Å². The lowest BCUT2D eigenvalue weighted by Gasteiger charge is -2.13. The lowest BCUT2D eigenvalue weighted by molar-refractivity contribution is 0.671. The van der Waals surface area contributed by atoms with Gasteiger partial charge in [0.1, 0.15) is 5.58 Å². The molecular formula is C48H26N4O. The van der Waals surface area contributed by atoms with E-state index in [9.17, 15) is 0 Å². The first-order valence-electron chi connectivity index (χ1n) is 18.0. The molecule has 0 spiro atoms. The Balaban J connectivity index is 1.26. The standard InChI is InChI=1S/C48H26N4O/c1-2-12-28(13-3-1)43-36-24-23-27-11-4-5-14-29(27)44(36)50-48(49-43)51-37-19-9-16-31-32-17-8-18-33-34-25-26-35-30-15-6-7-22-40(30)53-47(35)46(34)52(45(32)33)39-21-10-20-38(51)42(39)41(31)37/h1-26H. The van der Waals surface area contributed by atoms with Gasteiger partial charge in [-0.1, -0.05) is 121 Å². The summed E-state index contributed by atoms with van der Waals surface area (Å²) in [6, 6.07) is 56.2. The summed E-state index contributed by atoms with van der Waals surface area (Å²) in [5.74, 6) is 0.651. The topological polar surface area (TPSA) is 48.3 Å². The molecule has 0 aliphatic carbocycles. The van der Waals surface area contributed by atoms with Crippen molar-refractivity contribution in [2.24, 2.45) is 0 Å². The van der Waals surface area contributed by atoms with E-state index in [-0.39, 0.29) is 0 Å². The summed E-state index contributed by atoms with van der Waals surface area (Å²) < 4.78 is 11.5. The van der Waals surface area contributed by atoms with Crippen molar-refractivity contribution < 1.29 is 4.42 Å². The molecule has 13 aromatic rings. The number of hydrogen-bond donors (Lipinski definition) is 0. The van der Waals surface area contributed by atoms with Crippen LogP contribution in [-0.4, -0.2) is 18.9 Å². The van der Waals surface area contributed by atoms with Gasteiger partial charge >= 0.3 is 0 Å². The van der Waals surface area contributed by atoms with Crippen LogP contribution in [0.4, 0.5) is 0 Å². The summed E-state index contributed by atoms with van der Waals surface area (Å²) >= 11 is 0. The number of furan rings is 1. The first kappa shape index (κ1) is 27.5. The molecule has 0 bridgehead atoms. The van der Waals surface area contributed by atoms with E-state index in [4.69, 9.17) is 14.4 Å². The van der Waals surface area contributed by atoms with Gasteiger partial charge in [0.25, 0.3) is 0 Å². The Labute approximate surface area is 300 Å². The lowest BCUT2D eigenvalue weighted by atomic mass is 10.0. The van der Waals surface area contributed by atoms with Crippen molar-refractivity contribution in [3.8, 4) is 17.2 Å². The van der Waals surface area contributed by atoms with Gasteiger partial charge in [-0.05, 0) is 47.2 Å². The molecule has 5 heterocycles. The maximum atomic E-state index is 6.75. The van der Waals surface area contributed by atoms with Crippen LogP contribution >= 0.6 is 0 Å². The van der Waals surface area contributed by atoms with Gasteiger partial charge in [-0.15, -0.1) is 0 Å². The number of benzene rings is 8. The Morgan fingerprint density at radius 3 is 1.96 bits per heavy atom. The summed E-state index contributed by atoms with van der Waals surface area (Å²) in [4.78, 5) is 10.9. The molecule has 0 aliphatic heterocycles. The molecule has 0 fully saturated rings. The monoisotopic (exact) mass is 674 g/mol. The average Bonchev–Trinajstić information content (AvgIpc) is 3.86. The third kappa shape index (κ3) is 3.42. The molecule has 0 amide bonds. The fourth-order valence-electron chi connectivity index (χ4n) is 9.27. The molecule has 244 valence electrons. The zero-order valence-electron chi connectivity index (χ0n) is 28.2. The van der Waals surface area contributed by atoms with Gasteiger partial charge in [0, 0.05) is 54.0 Å². The third-order valence-electron chi connectivity index (χ3n) is 11.4. The normalized spacial score (nSPS) is 12.5. The van der Waals surface area contributed by atoms with Crippen molar-refractivity contribution >= 4 is 104 Å². The van der Waals surface area contributed by atoms with E-state index in [1.54, 1.807) is 0 Å². The van der Waals surface area contributed by atoms with Gasteiger partial charge in [-0.2, -0.15) is 0 Å². The van der Waals surface area contributed by atoms with Crippen molar-refractivity contribution in [3.63, 3.8) is 0 Å². The molecule has 0 radical (unpaired) electrons. The van der Waals surface area contributed by atoms with Gasteiger partial charge in [0.2, 0.25) is 5.95 Å². The second kappa shape index (κ2) is 9.75. The van der Waals surface area contributed by atoms with E-state index < -0.39 is 0 Å². The second-order valence-electron chi connectivity index (χ2n) is 14.1. The highest BCUT2D eigenvalue weighted by molar-refractivity contribution is 6.33. The molecule has 0 N–H and O–H groups in total. The van der Waals surface area contributed by atoms with Crippen LogP contribution in [0.25, 0.3) is 121 Å². The number of rotatable bonds is 2. The SMILES string of the molecule is c1ccc(-c2nc(-n3c4cccc5c6cccc7c8ccc9c%10ccccc%10oc9c8n(c8cccc3c8c54)c67)nc3c2ccc2ccccc23)cc1. The molecule has 5 aromatic heterocycles. The van der Waals surface area contributed by atoms with Gasteiger partial charge in [0.05, 0.1) is 38.8 Å². The van der Waals surface area contributed by atoms with Crippen molar-refractivity contribution in [3.05, 3.63) is 158 Å². The van der Waals surface area contributed by atoms with E-state index in [1.807, 2.05) is 6.07 Å². The fraction of sp³-hybridized carbons (Fsp3) is 0. The highest BCUT2D eigenvalue weighted by atomic mass is 16.3. The molecule has 8 aromatic carbocycles. The molecule has 0 aliphatic rings. The summed E-state index contributed by atoms with van der Waals surface area (Å²) in [6.07, 6.45) is 0. The number of fused-ring (bicyclic) bond motifs is 12. The zero-order chi connectivity index (χ0) is 34.4. The predicted molar refractivity (Wildman–Crippen MR) is 219 cm³/mol. The molecule has 13 rings (SSSR count). The minimum absolute atomic E-state index is 0.651. The maximum Gasteiger partial charge on any atom is 0.235 e. The number of nitrogens with zero attached hydrogens (tertiary/aromatic N) is 4. The van der Waals surface area contributed by atoms with Crippen molar-refractivity contribution in [2.45, 2.75) is 0 Å². The van der Waals surface area contributed by atoms with Crippen molar-refractivity contribution in [1.29, 1.82) is 0 Å². The highest BCUT2D eigenvalue weighted by Gasteiger charge is 2.25. The van der Waals surface area contributed by atoms with Crippen LogP contribution in [0.3, 0.4) is 0 Å². The number of aromatic nitrogens is 4. The van der Waals surface area contributed by atoms with Crippen LogP contribution < -0.4 is 0 Å². The smallest absolute Gasteiger partial charge is 0.235 e. The summed E-state index contributed by atoms with van der Waals surface area (Å²) in [5, 5.41) is 12.7. The van der Waals surface area contributed by atoms with Crippen LogP contribution in [0.15, 0.2) is 162 Å². The van der Waals surface area contributed by atoms with Gasteiger partial charge in [0.15, 0.2) is 5.58 Å². The summed E-state index contributed by atoms with van der Waals surface area (Å²) in [6.45, 7) is 0. The number of hydrogen-bond acceptors (Lipinski definition) is 3. The Hall–Kier alpha value is -7.24. The van der Waals surface area contributed by atoms with Crippen molar-refractivity contribution in [2.75, 3.05) is 0 Å². The average molecular weight is 675 g/mol. The zero-order valence-corrected chi connectivity index (χ0v) is 28.2. The number of para-hydroxylation sites is 2. The molecule has 5 nitrogen and oxygen atoms in total. The third-order valence-corrected chi connectivity index (χ3v) is 11.4. The summed E-state index contributed by atoms with van der Waals surface area (Å²) in [7, 11) is 0. The van der Waals surface area contributed by atoms with E-state index in [1.165, 1.54) is 37.8 Å². The molecule has 0 saturated carbocycles. The Kier molecular flexibility index (Phi) is 5.06. The first-order chi connectivity index (χ1) is 26.3. The van der Waals surface area contributed by atoms with Crippen LogP contribution in [-0.2, 0) is 0 Å². The Morgan fingerprint density at radius 1 is 0.415 bits per heavy atom. The molecule has 0 atom stereocenters. The fourth-order valence-corrected chi connectivity index (χ4v) is 9.27. The lowest BCUT2D eigenvalue weighted by Crippen LogP contribution is -2.04. The largest absolute Gasteiger partial charge is 0.454 e. The molecular weight excluding hydrogens is 649 g/mol. The van der Waals surface area contributed by atoms with E-state index in [0.717, 1.165) is 76.9 Å². The van der Waals surface area contributed by atoms with E-state index in [0.29, 0.717) is 5.95 Å². The second-order valence-corrected chi connectivity index (χ2v) is 14.1. The van der Waals surface area contributed by atoms with Crippen LogP contribution in [0.2, 0.25) is 0 Å². The quantitative estimate of drug-likeness (QED) is 0.172. The predicted octanol–water partition coefficient (Wildman–Crippen LogP) is 12.6. The minimum atomic E-state index is 0.651. The highest BCUT2D eigenvalue weighted by Crippen LogP contribution is 2.46.